The Labute approximate surface area is 298 Å². The van der Waals surface area contributed by atoms with E-state index in [2.05, 4.69) is 5.32 Å². The van der Waals surface area contributed by atoms with E-state index in [1.54, 1.807) is 12.1 Å². The van der Waals surface area contributed by atoms with Crippen molar-refractivity contribution in [2.24, 2.45) is 0 Å². The molecule has 0 heterocycles. The van der Waals surface area contributed by atoms with E-state index < -0.39 is 40.2 Å². The van der Waals surface area contributed by atoms with Crippen molar-refractivity contribution in [1.82, 2.24) is 10.2 Å². The number of halogens is 1. The van der Waals surface area contributed by atoms with Gasteiger partial charge in [-0.2, -0.15) is 0 Å². The summed E-state index contributed by atoms with van der Waals surface area (Å²) in [6.45, 7) is 1.25. The smallest absolute Gasteiger partial charge is 0.265 e. The van der Waals surface area contributed by atoms with Crippen molar-refractivity contribution in [3.8, 4) is 23.0 Å². The number of methoxy groups -OCH3 is 4. The van der Waals surface area contributed by atoms with Crippen LogP contribution in [0.1, 0.15) is 30.9 Å². The van der Waals surface area contributed by atoms with Gasteiger partial charge in [-0.1, -0.05) is 61.9 Å². The van der Waals surface area contributed by atoms with Crippen LogP contribution in [0, 0.1) is 5.82 Å². The summed E-state index contributed by atoms with van der Waals surface area (Å²) in [5, 5.41) is 2.92. The maximum Gasteiger partial charge on any atom is 0.265 e. The normalized spacial score (nSPS) is 11.6. The Morgan fingerprint density at radius 2 is 1.47 bits per heavy atom. The summed E-state index contributed by atoms with van der Waals surface area (Å²) in [5.74, 6) is -0.923. The van der Waals surface area contributed by atoms with Gasteiger partial charge >= 0.3 is 0 Å². The Balaban J connectivity index is 1.89. The predicted molar refractivity (Wildman–Crippen MR) is 192 cm³/mol. The molecule has 0 saturated heterocycles. The summed E-state index contributed by atoms with van der Waals surface area (Å²) >= 11 is 0. The fourth-order valence-electron chi connectivity index (χ4n) is 5.48. The second-order valence-corrected chi connectivity index (χ2v) is 13.4. The predicted octanol–water partition coefficient (Wildman–Crippen LogP) is 5.61. The monoisotopic (exact) mass is 721 g/mol. The van der Waals surface area contributed by atoms with E-state index in [0.29, 0.717) is 24.5 Å². The van der Waals surface area contributed by atoms with Crippen molar-refractivity contribution < 1.29 is 41.3 Å². The number of ether oxygens (including phenoxy) is 4. The molecule has 0 aliphatic rings. The SMILES string of the molecule is CCCCNC(=O)[C@@H](Cc1ccccc1)N(Cc1ccccc1F)C(=O)CN(c1cc(OC)ccc1OC)S(=O)(=O)c1ccc(OC)c(OC)c1. The van der Waals surface area contributed by atoms with E-state index in [1.807, 2.05) is 37.3 Å². The Kier molecular flexibility index (Phi) is 13.7. The van der Waals surface area contributed by atoms with Gasteiger partial charge in [0.25, 0.3) is 10.0 Å². The number of sulfonamides is 1. The molecule has 2 amide bonds. The summed E-state index contributed by atoms with van der Waals surface area (Å²) in [6.07, 6.45) is 1.62. The first kappa shape index (κ1) is 38.5. The Bertz CT molecular complexity index is 1890. The van der Waals surface area contributed by atoms with Crippen LogP contribution < -0.4 is 28.6 Å². The fourth-order valence-corrected chi connectivity index (χ4v) is 6.91. The van der Waals surface area contributed by atoms with Crippen LogP contribution >= 0.6 is 0 Å². The lowest BCUT2D eigenvalue weighted by Crippen LogP contribution is -2.53. The number of anilines is 1. The quantitative estimate of drug-likeness (QED) is 0.132. The molecule has 0 saturated carbocycles. The van der Waals surface area contributed by atoms with Crippen LogP contribution in [0.2, 0.25) is 0 Å². The number of unbranched alkanes of at least 4 members (excludes halogenated alkanes) is 1. The average Bonchev–Trinajstić information content (AvgIpc) is 3.15. The van der Waals surface area contributed by atoms with E-state index in [-0.39, 0.29) is 40.6 Å². The second kappa shape index (κ2) is 18.1. The van der Waals surface area contributed by atoms with E-state index >= 15 is 4.39 Å². The molecule has 4 rings (SSSR count). The van der Waals surface area contributed by atoms with Crippen molar-refractivity contribution in [3.63, 3.8) is 0 Å². The molecule has 11 nitrogen and oxygen atoms in total. The van der Waals surface area contributed by atoms with Crippen LogP contribution in [0.3, 0.4) is 0 Å². The Morgan fingerprint density at radius 1 is 0.804 bits per heavy atom. The minimum Gasteiger partial charge on any atom is -0.497 e. The number of hydrogen-bond acceptors (Lipinski definition) is 8. The molecule has 13 heteroatoms. The third-order valence-corrected chi connectivity index (χ3v) is 10.0. The van der Waals surface area contributed by atoms with Crippen LogP contribution in [-0.2, 0) is 32.6 Å². The lowest BCUT2D eigenvalue weighted by atomic mass is 10.0. The summed E-state index contributed by atoms with van der Waals surface area (Å²) in [7, 11) is 1.03. The number of amides is 2. The second-order valence-electron chi connectivity index (χ2n) is 11.5. The number of carbonyl (C=O) groups excluding carboxylic acids is 2. The molecule has 0 radical (unpaired) electrons. The number of benzene rings is 4. The third-order valence-electron chi connectivity index (χ3n) is 8.28. The van der Waals surface area contributed by atoms with Crippen LogP contribution in [0.25, 0.3) is 0 Å². The molecule has 1 atom stereocenters. The van der Waals surface area contributed by atoms with Crippen molar-refractivity contribution in [3.05, 3.63) is 108 Å². The van der Waals surface area contributed by atoms with Crippen LogP contribution in [-0.4, -0.2) is 72.7 Å². The Hall–Kier alpha value is -5.30. The first-order valence-corrected chi connectivity index (χ1v) is 17.8. The maximum atomic E-state index is 15.2. The van der Waals surface area contributed by atoms with Gasteiger partial charge in [-0.3, -0.25) is 13.9 Å². The van der Waals surface area contributed by atoms with Crippen LogP contribution in [0.4, 0.5) is 10.1 Å². The standard InChI is InChI=1S/C38H44FN3O8S/c1-6-7-21-40-38(44)33(22-27-13-9-8-10-14-27)41(25-28-15-11-12-16-31(28)39)37(43)26-42(32-23-29(47-2)17-19-34(32)48-3)51(45,46)30-18-20-35(49-4)36(24-30)50-5/h8-20,23-24,33H,6-7,21-22,25-26H2,1-5H3,(H,40,44)/t33-/m1/s1. The zero-order valence-corrected chi connectivity index (χ0v) is 30.2. The average molecular weight is 722 g/mol. The van der Waals surface area contributed by atoms with E-state index in [1.165, 1.54) is 81.9 Å². The molecule has 51 heavy (non-hydrogen) atoms. The number of rotatable bonds is 18. The molecule has 272 valence electrons. The van der Waals surface area contributed by atoms with Crippen LogP contribution in [0.5, 0.6) is 23.0 Å². The molecular weight excluding hydrogens is 677 g/mol. The largest absolute Gasteiger partial charge is 0.497 e. The topological polar surface area (TPSA) is 124 Å². The first-order chi connectivity index (χ1) is 24.6. The molecule has 0 spiro atoms. The summed E-state index contributed by atoms with van der Waals surface area (Å²) in [4.78, 5) is 29.7. The highest BCUT2D eigenvalue weighted by Crippen LogP contribution is 2.38. The van der Waals surface area contributed by atoms with Gasteiger partial charge in [0.2, 0.25) is 11.8 Å². The zero-order valence-electron chi connectivity index (χ0n) is 29.4. The highest BCUT2D eigenvalue weighted by Gasteiger charge is 2.36. The van der Waals surface area contributed by atoms with Gasteiger partial charge in [-0.15, -0.1) is 0 Å². The zero-order chi connectivity index (χ0) is 37.0. The van der Waals surface area contributed by atoms with E-state index in [9.17, 15) is 18.0 Å². The summed E-state index contributed by atoms with van der Waals surface area (Å²) < 4.78 is 67.0. The molecule has 0 fully saturated rings. The minimum atomic E-state index is -4.56. The number of nitrogens with one attached hydrogen (secondary N) is 1. The summed E-state index contributed by atoms with van der Waals surface area (Å²) in [6, 6.07) is 22.5. The molecule has 0 bridgehead atoms. The molecule has 0 aromatic heterocycles. The van der Waals surface area contributed by atoms with Gasteiger partial charge in [0.05, 0.1) is 39.0 Å². The van der Waals surface area contributed by atoms with Crippen molar-refractivity contribution in [2.75, 3.05) is 45.8 Å². The van der Waals surface area contributed by atoms with Crippen LogP contribution in [0.15, 0.2) is 95.9 Å². The molecule has 1 N–H and O–H groups in total. The van der Waals surface area contributed by atoms with E-state index in [4.69, 9.17) is 18.9 Å². The molecule has 0 aliphatic carbocycles. The van der Waals surface area contributed by atoms with Gasteiger partial charge in [0.1, 0.15) is 29.9 Å². The Morgan fingerprint density at radius 3 is 2.12 bits per heavy atom. The minimum absolute atomic E-state index is 0.00201. The van der Waals surface area contributed by atoms with Gasteiger partial charge in [0, 0.05) is 37.2 Å². The maximum absolute atomic E-state index is 15.2. The highest BCUT2D eigenvalue weighted by atomic mass is 32.2. The lowest BCUT2D eigenvalue weighted by Gasteiger charge is -2.34. The van der Waals surface area contributed by atoms with E-state index in [0.717, 1.165) is 16.3 Å². The molecular formula is C38H44FN3O8S. The molecule has 4 aromatic rings. The fraction of sp³-hybridized carbons (Fsp3) is 0.316. The molecule has 0 aliphatic heterocycles. The van der Waals surface area contributed by atoms with Gasteiger partial charge in [-0.05, 0) is 42.3 Å². The highest BCUT2D eigenvalue weighted by molar-refractivity contribution is 7.92. The van der Waals surface area contributed by atoms with Gasteiger partial charge in [-0.25, -0.2) is 12.8 Å². The number of carbonyl (C=O) groups is 2. The lowest BCUT2D eigenvalue weighted by molar-refractivity contribution is -0.140. The number of hydrogen-bond donors (Lipinski definition) is 1. The first-order valence-electron chi connectivity index (χ1n) is 16.4. The molecule has 0 unspecified atom stereocenters. The summed E-state index contributed by atoms with van der Waals surface area (Å²) in [5.41, 5.74) is 0.903. The third kappa shape index (κ3) is 9.48. The van der Waals surface area contributed by atoms with Crippen molar-refractivity contribution in [2.45, 2.75) is 43.7 Å². The van der Waals surface area contributed by atoms with Gasteiger partial charge in [0.15, 0.2) is 11.5 Å². The van der Waals surface area contributed by atoms with Crippen molar-refractivity contribution in [1.29, 1.82) is 0 Å². The van der Waals surface area contributed by atoms with Crippen molar-refractivity contribution >= 4 is 27.5 Å². The number of nitrogens with zero attached hydrogens (tertiary/aromatic N) is 2. The van der Waals surface area contributed by atoms with Gasteiger partial charge < -0.3 is 29.2 Å². The molecule has 4 aromatic carbocycles.